The van der Waals surface area contributed by atoms with Gasteiger partial charge in [0, 0.05) is 5.75 Å². The van der Waals surface area contributed by atoms with Gasteiger partial charge in [-0.1, -0.05) is 18.2 Å². The quantitative estimate of drug-likeness (QED) is 0.257. The molecule has 0 fully saturated rings. The maximum atomic E-state index is 11.0. The first-order chi connectivity index (χ1) is 6.97. The van der Waals surface area contributed by atoms with E-state index in [1.165, 1.54) is 0 Å². The van der Waals surface area contributed by atoms with E-state index in [2.05, 4.69) is 0 Å². The average molecular weight is 252 g/mol. The predicted molar refractivity (Wildman–Crippen MR) is 51.3 cm³/mol. The van der Waals surface area contributed by atoms with Gasteiger partial charge in [-0.05, 0) is 12.1 Å². The van der Waals surface area contributed by atoms with Gasteiger partial charge in [-0.2, -0.15) is 0 Å². The number of carbonyl (C=O) groups excluding carboxylic acids is 1. The molecule has 82 valence electrons. The molecule has 5 nitrogen and oxygen atoms in total. The van der Waals surface area contributed by atoms with Crippen LogP contribution in [-0.2, 0) is 14.9 Å². The van der Waals surface area contributed by atoms with E-state index in [1.807, 2.05) is 0 Å². The fourth-order valence-corrected chi connectivity index (χ4v) is 1.30. The third-order valence-electron chi connectivity index (χ3n) is 1.53. The summed E-state index contributed by atoms with van der Waals surface area (Å²) in [5.74, 6) is -1.15. The van der Waals surface area contributed by atoms with Crippen LogP contribution in [0.2, 0.25) is 0 Å². The normalized spacial score (nSPS) is 10.3. The monoisotopic (exact) mass is 252 g/mol. The van der Waals surface area contributed by atoms with E-state index >= 15 is 0 Å². The van der Waals surface area contributed by atoms with Crippen LogP contribution in [0.3, 0.4) is 0 Å². The van der Waals surface area contributed by atoms with E-state index in [4.69, 9.17) is 4.74 Å². The Morgan fingerprint density at radius 3 is 2.31 bits per heavy atom. The van der Waals surface area contributed by atoms with Crippen molar-refractivity contribution < 1.29 is 52.1 Å². The average Bonchev–Trinajstić information content (AvgIpc) is 2.15. The Morgan fingerprint density at radius 2 is 1.81 bits per heavy atom. The van der Waals surface area contributed by atoms with Gasteiger partial charge in [-0.25, -0.2) is 8.42 Å². The molecule has 0 heterocycles. The van der Waals surface area contributed by atoms with Crippen molar-refractivity contribution in [2.24, 2.45) is 0 Å². The second-order valence-electron chi connectivity index (χ2n) is 2.80. The molecule has 1 aromatic rings. The number of para-hydroxylation sites is 1. The molecule has 1 aromatic carbocycles. The van der Waals surface area contributed by atoms with Gasteiger partial charge in [-0.15, -0.1) is 0 Å². The van der Waals surface area contributed by atoms with Crippen LogP contribution in [0.1, 0.15) is 6.42 Å². The van der Waals surface area contributed by atoms with Gasteiger partial charge in [0.2, 0.25) is 0 Å². The van der Waals surface area contributed by atoms with Crippen molar-refractivity contribution in [2.45, 2.75) is 6.42 Å². The van der Waals surface area contributed by atoms with E-state index in [9.17, 15) is 17.8 Å². The summed E-state index contributed by atoms with van der Waals surface area (Å²) in [6.07, 6.45) is -0.430. The number of hydrogen-bond donors (Lipinski definition) is 0. The summed E-state index contributed by atoms with van der Waals surface area (Å²) in [6.45, 7) is 0. The van der Waals surface area contributed by atoms with Crippen LogP contribution < -0.4 is 34.3 Å². The van der Waals surface area contributed by atoms with Crippen molar-refractivity contribution >= 4 is 16.1 Å². The van der Waals surface area contributed by atoms with Gasteiger partial charge in [0.05, 0.1) is 16.5 Å². The number of rotatable bonds is 4. The third kappa shape index (κ3) is 6.97. The van der Waals surface area contributed by atoms with Gasteiger partial charge in [0.25, 0.3) is 0 Å². The third-order valence-corrected chi connectivity index (χ3v) is 2.24. The second-order valence-corrected chi connectivity index (χ2v) is 4.32. The van der Waals surface area contributed by atoms with Gasteiger partial charge < -0.3 is 9.29 Å². The number of hydrogen-bond acceptors (Lipinski definition) is 5. The second kappa shape index (κ2) is 7.03. The Balaban J connectivity index is 0.00000225. The zero-order valence-electron chi connectivity index (χ0n) is 8.75. The van der Waals surface area contributed by atoms with Gasteiger partial charge in [-0.3, -0.25) is 4.79 Å². The molecule has 0 unspecified atom stereocenters. The van der Waals surface area contributed by atoms with Crippen LogP contribution in [0.4, 0.5) is 0 Å². The number of benzene rings is 1. The Hall–Kier alpha value is -0.400. The summed E-state index contributed by atoms with van der Waals surface area (Å²) >= 11 is 0. The maximum absolute atomic E-state index is 11.0. The molecule has 0 saturated heterocycles. The van der Waals surface area contributed by atoms with E-state index in [0.717, 1.165) is 0 Å². The van der Waals surface area contributed by atoms with Crippen LogP contribution in [0.25, 0.3) is 0 Å². The van der Waals surface area contributed by atoms with Crippen molar-refractivity contribution in [3.05, 3.63) is 30.3 Å². The van der Waals surface area contributed by atoms with Crippen molar-refractivity contribution in [2.75, 3.05) is 5.75 Å². The first-order valence-electron chi connectivity index (χ1n) is 4.17. The molecule has 0 saturated carbocycles. The topological polar surface area (TPSA) is 83.5 Å². The van der Waals surface area contributed by atoms with E-state index in [0.29, 0.717) is 5.75 Å². The molecule has 0 aromatic heterocycles. The Bertz CT molecular complexity index is 428. The smallest absolute Gasteiger partial charge is 0.748 e. The minimum atomic E-state index is -4.36. The Morgan fingerprint density at radius 1 is 1.25 bits per heavy atom. The summed E-state index contributed by atoms with van der Waals surface area (Å²) in [7, 11) is -4.36. The van der Waals surface area contributed by atoms with E-state index in [-0.39, 0.29) is 29.6 Å². The molecule has 16 heavy (non-hydrogen) atoms. The molecule has 0 aliphatic rings. The Kier molecular flexibility index (Phi) is 6.85. The summed E-state index contributed by atoms with van der Waals surface area (Å²) in [5, 5.41) is 0. The van der Waals surface area contributed by atoms with E-state index < -0.39 is 28.3 Å². The summed E-state index contributed by atoms with van der Waals surface area (Å²) in [4.78, 5) is 11.0. The van der Waals surface area contributed by atoms with Gasteiger partial charge in [0.15, 0.2) is 0 Å². The van der Waals surface area contributed by atoms with Crippen LogP contribution in [0, 0.1) is 0 Å². The fourth-order valence-electron chi connectivity index (χ4n) is 0.879. The van der Waals surface area contributed by atoms with Crippen molar-refractivity contribution in [1.29, 1.82) is 0 Å². The zero-order valence-corrected chi connectivity index (χ0v) is 11.6. The molecule has 1 rings (SSSR count). The van der Waals surface area contributed by atoms with Crippen molar-refractivity contribution in [3.8, 4) is 5.75 Å². The molecular weight excluding hydrogens is 243 g/mol. The number of carbonyl (C=O) groups is 1. The zero-order chi connectivity index (χ0) is 11.3. The minimum absolute atomic E-state index is 0. The molecule has 0 aliphatic heterocycles. The molecule has 0 radical (unpaired) electrons. The fraction of sp³-hybridized carbons (Fsp3) is 0.222. The number of esters is 1. The van der Waals surface area contributed by atoms with Gasteiger partial charge in [0.1, 0.15) is 5.75 Å². The van der Waals surface area contributed by atoms with Crippen LogP contribution in [0.15, 0.2) is 30.3 Å². The first-order valence-corrected chi connectivity index (χ1v) is 5.74. The van der Waals surface area contributed by atoms with Crippen LogP contribution in [0.5, 0.6) is 5.75 Å². The predicted octanol–water partition coefficient (Wildman–Crippen LogP) is -2.47. The Labute approximate surface area is 116 Å². The summed E-state index contributed by atoms with van der Waals surface area (Å²) < 4.78 is 35.4. The molecule has 0 N–H and O–H groups in total. The molecule has 0 atom stereocenters. The summed E-state index contributed by atoms with van der Waals surface area (Å²) in [6, 6.07) is 8.21. The minimum Gasteiger partial charge on any atom is -0.748 e. The van der Waals surface area contributed by atoms with Crippen molar-refractivity contribution in [3.63, 3.8) is 0 Å². The summed E-state index contributed by atoms with van der Waals surface area (Å²) in [5.41, 5.74) is 0. The van der Waals surface area contributed by atoms with E-state index in [1.54, 1.807) is 30.3 Å². The SMILES string of the molecule is O=C(CCS(=O)(=O)[O-])Oc1ccccc1.[Na+]. The molecule has 0 bridgehead atoms. The van der Waals surface area contributed by atoms with Crippen molar-refractivity contribution in [1.82, 2.24) is 0 Å². The van der Waals surface area contributed by atoms with Crippen LogP contribution in [-0.4, -0.2) is 24.7 Å². The number of ether oxygens (including phenoxy) is 1. The largest absolute Gasteiger partial charge is 1.00 e. The first kappa shape index (κ1) is 15.6. The standard InChI is InChI=1S/C9H10O5S.Na/c10-9(6-7-15(11,12)13)14-8-4-2-1-3-5-8;/h1-5H,6-7H2,(H,11,12,13);/q;+1/p-1. The molecule has 0 aliphatic carbocycles. The van der Waals surface area contributed by atoms with Crippen LogP contribution >= 0.6 is 0 Å². The molecule has 0 amide bonds. The van der Waals surface area contributed by atoms with Gasteiger partial charge >= 0.3 is 35.5 Å². The molecule has 7 heteroatoms. The molecule has 0 spiro atoms. The maximum Gasteiger partial charge on any atom is 1.00 e. The molecular formula is C9H9NaO5S.